The maximum Gasteiger partial charge on any atom is 0.191 e. The molecule has 7 heteroatoms. The SMILES string of the molecule is CC[C@H](CO)NC(=NCCc1cccs1)NCCc1ccco1.I. The van der Waals surface area contributed by atoms with Crippen molar-refractivity contribution in [2.75, 3.05) is 19.7 Å². The van der Waals surface area contributed by atoms with Crippen molar-refractivity contribution >= 4 is 41.3 Å². The summed E-state index contributed by atoms with van der Waals surface area (Å²) in [7, 11) is 0. The minimum absolute atomic E-state index is 0. The molecule has 0 aliphatic carbocycles. The van der Waals surface area contributed by atoms with Gasteiger partial charge in [-0.3, -0.25) is 4.99 Å². The molecule has 0 aliphatic heterocycles. The van der Waals surface area contributed by atoms with Crippen LogP contribution in [0.25, 0.3) is 0 Å². The maximum atomic E-state index is 9.37. The van der Waals surface area contributed by atoms with Crippen molar-refractivity contribution in [3.63, 3.8) is 0 Å². The molecule has 0 unspecified atom stereocenters. The summed E-state index contributed by atoms with van der Waals surface area (Å²) in [5.74, 6) is 1.69. The van der Waals surface area contributed by atoms with Crippen molar-refractivity contribution in [2.24, 2.45) is 4.99 Å². The molecule has 0 bridgehead atoms. The van der Waals surface area contributed by atoms with Crippen molar-refractivity contribution < 1.29 is 9.52 Å². The number of aliphatic hydroxyl groups excluding tert-OH is 1. The first-order valence-corrected chi connectivity index (χ1v) is 8.90. The number of furan rings is 1. The molecule has 1 atom stereocenters. The number of nitrogens with one attached hydrogen (secondary N) is 2. The van der Waals surface area contributed by atoms with Gasteiger partial charge < -0.3 is 20.2 Å². The van der Waals surface area contributed by atoms with E-state index in [4.69, 9.17) is 4.42 Å². The first kappa shape index (κ1) is 21.0. The molecule has 3 N–H and O–H groups in total. The van der Waals surface area contributed by atoms with Crippen LogP contribution in [0.2, 0.25) is 0 Å². The Morgan fingerprint density at radius 3 is 2.83 bits per heavy atom. The van der Waals surface area contributed by atoms with Crippen molar-refractivity contribution in [3.8, 4) is 0 Å². The van der Waals surface area contributed by atoms with Gasteiger partial charge in [0, 0.05) is 30.8 Å². The monoisotopic (exact) mass is 463 g/mol. The zero-order valence-electron chi connectivity index (χ0n) is 13.9. The van der Waals surface area contributed by atoms with Crippen LogP contribution < -0.4 is 10.6 Å². The zero-order valence-corrected chi connectivity index (χ0v) is 17.1. The van der Waals surface area contributed by atoms with E-state index in [2.05, 4.69) is 33.1 Å². The second-order valence-corrected chi connectivity index (χ2v) is 6.28. The Labute approximate surface area is 164 Å². The Kier molecular flexibility index (Phi) is 10.8. The standard InChI is InChI=1S/C17H25N3O2S.HI/c1-2-14(13-21)20-17(18-9-7-15-5-3-11-22-15)19-10-8-16-6-4-12-23-16;/h3-6,11-12,14,21H,2,7-10,13H2,1H3,(H2,18,19,20);1H/t14-;/m1./s1. The van der Waals surface area contributed by atoms with Gasteiger partial charge in [-0.25, -0.2) is 0 Å². The number of guanidine groups is 1. The Hall–Kier alpha value is -1.06. The van der Waals surface area contributed by atoms with Crippen LogP contribution in [-0.2, 0) is 12.8 Å². The lowest BCUT2D eigenvalue weighted by molar-refractivity contribution is 0.251. The molecule has 2 aromatic rings. The van der Waals surface area contributed by atoms with Gasteiger partial charge >= 0.3 is 0 Å². The molecule has 24 heavy (non-hydrogen) atoms. The lowest BCUT2D eigenvalue weighted by Crippen LogP contribution is -2.45. The molecule has 0 aliphatic rings. The average molecular weight is 463 g/mol. The molecule has 2 aromatic heterocycles. The van der Waals surface area contributed by atoms with Gasteiger partial charge in [-0.05, 0) is 30.0 Å². The summed E-state index contributed by atoms with van der Waals surface area (Å²) in [6.45, 7) is 3.60. The summed E-state index contributed by atoms with van der Waals surface area (Å²) in [5, 5.41) is 18.0. The minimum Gasteiger partial charge on any atom is -0.469 e. The molecule has 0 fully saturated rings. The van der Waals surface area contributed by atoms with E-state index in [1.165, 1.54) is 4.88 Å². The van der Waals surface area contributed by atoms with E-state index in [0.717, 1.165) is 44.1 Å². The van der Waals surface area contributed by atoms with E-state index in [1.54, 1.807) is 17.6 Å². The smallest absolute Gasteiger partial charge is 0.191 e. The molecule has 0 saturated carbocycles. The first-order valence-electron chi connectivity index (χ1n) is 8.02. The van der Waals surface area contributed by atoms with E-state index in [-0.39, 0.29) is 36.6 Å². The van der Waals surface area contributed by atoms with Crippen LogP contribution in [0.15, 0.2) is 45.3 Å². The molecular formula is C17H26IN3O2S. The van der Waals surface area contributed by atoms with E-state index in [9.17, 15) is 5.11 Å². The lowest BCUT2D eigenvalue weighted by atomic mass is 10.2. The molecule has 0 aromatic carbocycles. The number of hydrogen-bond donors (Lipinski definition) is 3. The van der Waals surface area contributed by atoms with E-state index in [1.807, 2.05) is 19.1 Å². The molecule has 2 rings (SSSR count). The van der Waals surface area contributed by atoms with E-state index >= 15 is 0 Å². The lowest BCUT2D eigenvalue weighted by Gasteiger charge is -2.18. The number of aliphatic hydroxyl groups is 1. The zero-order chi connectivity index (χ0) is 16.3. The van der Waals surface area contributed by atoms with Gasteiger partial charge in [0.15, 0.2) is 5.96 Å². The van der Waals surface area contributed by atoms with Crippen LogP contribution in [0.1, 0.15) is 24.0 Å². The summed E-state index contributed by atoms with van der Waals surface area (Å²) >= 11 is 1.75. The predicted octanol–water partition coefficient (Wildman–Crippen LogP) is 3.05. The topological polar surface area (TPSA) is 69.8 Å². The van der Waals surface area contributed by atoms with Crippen LogP contribution >= 0.6 is 35.3 Å². The highest BCUT2D eigenvalue weighted by atomic mass is 127. The van der Waals surface area contributed by atoms with Gasteiger partial charge in [0.25, 0.3) is 0 Å². The maximum absolute atomic E-state index is 9.37. The van der Waals surface area contributed by atoms with Gasteiger partial charge in [0.05, 0.1) is 18.9 Å². The van der Waals surface area contributed by atoms with E-state index < -0.39 is 0 Å². The van der Waals surface area contributed by atoms with Crippen LogP contribution in [0.4, 0.5) is 0 Å². The minimum atomic E-state index is 0. The van der Waals surface area contributed by atoms with Crippen LogP contribution in [0, 0.1) is 0 Å². The molecular weight excluding hydrogens is 437 g/mol. The Balaban J connectivity index is 0.00000288. The fourth-order valence-corrected chi connectivity index (χ4v) is 2.81. The van der Waals surface area contributed by atoms with Gasteiger partial charge in [-0.1, -0.05) is 13.0 Å². The number of hydrogen-bond acceptors (Lipinski definition) is 4. The van der Waals surface area contributed by atoms with Crippen LogP contribution in [0.3, 0.4) is 0 Å². The largest absolute Gasteiger partial charge is 0.469 e. The second-order valence-electron chi connectivity index (χ2n) is 5.25. The Morgan fingerprint density at radius 2 is 2.21 bits per heavy atom. The fourth-order valence-electron chi connectivity index (χ4n) is 2.11. The van der Waals surface area contributed by atoms with Crippen molar-refractivity contribution in [1.82, 2.24) is 10.6 Å². The molecule has 0 saturated heterocycles. The summed E-state index contributed by atoms with van der Waals surface area (Å²) in [6, 6.07) is 8.06. The third-order valence-corrected chi connectivity index (χ3v) is 4.44. The summed E-state index contributed by atoms with van der Waals surface area (Å²) in [6.07, 6.45) is 4.26. The number of nitrogens with zero attached hydrogens (tertiary/aromatic N) is 1. The van der Waals surface area contributed by atoms with Gasteiger partial charge in [-0.15, -0.1) is 35.3 Å². The van der Waals surface area contributed by atoms with Crippen molar-refractivity contribution in [1.29, 1.82) is 0 Å². The highest BCUT2D eigenvalue weighted by Crippen LogP contribution is 2.08. The van der Waals surface area contributed by atoms with E-state index in [0.29, 0.717) is 0 Å². The first-order chi connectivity index (χ1) is 11.3. The number of rotatable bonds is 9. The average Bonchev–Trinajstić information content (AvgIpc) is 3.25. The molecule has 0 amide bonds. The summed E-state index contributed by atoms with van der Waals surface area (Å²) in [5.41, 5.74) is 0. The Bertz CT molecular complexity index is 554. The second kappa shape index (κ2) is 12.3. The van der Waals surface area contributed by atoms with Gasteiger partial charge in [0.1, 0.15) is 5.76 Å². The predicted molar refractivity (Wildman–Crippen MR) is 110 cm³/mol. The summed E-state index contributed by atoms with van der Waals surface area (Å²) < 4.78 is 5.33. The fraction of sp³-hybridized carbons (Fsp3) is 0.471. The van der Waals surface area contributed by atoms with Crippen LogP contribution in [-0.4, -0.2) is 36.8 Å². The summed E-state index contributed by atoms with van der Waals surface area (Å²) in [4.78, 5) is 5.94. The Morgan fingerprint density at radius 1 is 1.33 bits per heavy atom. The highest BCUT2D eigenvalue weighted by Gasteiger charge is 2.07. The molecule has 5 nitrogen and oxygen atoms in total. The molecule has 2 heterocycles. The number of thiophene rings is 1. The highest BCUT2D eigenvalue weighted by molar-refractivity contribution is 14.0. The van der Waals surface area contributed by atoms with Crippen molar-refractivity contribution in [2.45, 2.75) is 32.2 Å². The third kappa shape index (κ3) is 7.67. The van der Waals surface area contributed by atoms with Crippen LogP contribution in [0.5, 0.6) is 0 Å². The quantitative estimate of drug-likeness (QED) is 0.304. The van der Waals surface area contributed by atoms with Crippen molar-refractivity contribution in [3.05, 3.63) is 46.5 Å². The molecule has 0 spiro atoms. The van der Waals surface area contributed by atoms with Gasteiger partial charge in [0.2, 0.25) is 0 Å². The normalized spacial score (nSPS) is 12.5. The molecule has 0 radical (unpaired) electrons. The number of halogens is 1. The molecule has 134 valence electrons. The third-order valence-electron chi connectivity index (χ3n) is 3.51. The van der Waals surface area contributed by atoms with Gasteiger partial charge in [-0.2, -0.15) is 0 Å². The number of aliphatic imine (C=N–C) groups is 1.